The van der Waals surface area contributed by atoms with Crippen LogP contribution >= 0.6 is 0 Å². The topological polar surface area (TPSA) is 75.3 Å². The lowest BCUT2D eigenvalue weighted by atomic mass is 10.4. The Bertz CT molecular complexity index is 514. The summed E-state index contributed by atoms with van der Waals surface area (Å²) in [5, 5.41) is 2.64. The summed E-state index contributed by atoms with van der Waals surface area (Å²) in [6, 6.07) is 4.49. The summed E-state index contributed by atoms with van der Waals surface area (Å²) >= 11 is 0. The van der Waals surface area contributed by atoms with Crippen LogP contribution in [0.25, 0.3) is 0 Å². The third-order valence-corrected chi connectivity index (χ3v) is 3.82. The fraction of sp³-hybridized carbons (Fsp3) is 0.417. The number of amides is 1. The van der Waals surface area contributed by atoms with E-state index in [0.717, 1.165) is 18.6 Å². The van der Waals surface area contributed by atoms with E-state index in [2.05, 4.69) is 10.0 Å². The Balaban J connectivity index is 2.47. The van der Waals surface area contributed by atoms with Crippen LogP contribution in [-0.4, -0.2) is 27.4 Å². The van der Waals surface area contributed by atoms with Gasteiger partial charge >= 0.3 is 0 Å². The standard InChI is InChI=1S/C12H17FN2O3S/c1-2-8-14-12(16)7-9-15-19(17,18)11-5-3-10(13)4-6-11/h3-6,15H,2,7-9H2,1H3,(H,14,16). The van der Waals surface area contributed by atoms with E-state index < -0.39 is 15.8 Å². The van der Waals surface area contributed by atoms with Crippen molar-refractivity contribution in [3.63, 3.8) is 0 Å². The Morgan fingerprint density at radius 3 is 2.42 bits per heavy atom. The van der Waals surface area contributed by atoms with Gasteiger partial charge in [0.15, 0.2) is 0 Å². The van der Waals surface area contributed by atoms with Gasteiger partial charge in [-0.25, -0.2) is 17.5 Å². The Morgan fingerprint density at radius 1 is 1.21 bits per heavy atom. The average Bonchev–Trinajstić information content (AvgIpc) is 2.36. The predicted octanol–water partition coefficient (Wildman–Crippen LogP) is 1.02. The Kier molecular flexibility index (Phi) is 5.91. The van der Waals surface area contributed by atoms with Crippen molar-refractivity contribution in [2.45, 2.75) is 24.7 Å². The highest BCUT2D eigenvalue weighted by molar-refractivity contribution is 7.89. The van der Waals surface area contributed by atoms with Gasteiger partial charge in [-0.05, 0) is 30.7 Å². The molecule has 0 bridgehead atoms. The summed E-state index contributed by atoms with van der Waals surface area (Å²) in [4.78, 5) is 11.2. The molecule has 1 aromatic rings. The number of hydrogen-bond acceptors (Lipinski definition) is 3. The summed E-state index contributed by atoms with van der Waals surface area (Å²) in [6.07, 6.45) is 0.896. The third kappa shape index (κ3) is 5.35. The molecule has 0 fully saturated rings. The number of carbonyl (C=O) groups is 1. The Hall–Kier alpha value is -1.47. The lowest BCUT2D eigenvalue weighted by Gasteiger charge is -2.07. The van der Waals surface area contributed by atoms with Gasteiger partial charge in [-0.15, -0.1) is 0 Å². The molecule has 0 aliphatic rings. The van der Waals surface area contributed by atoms with Gasteiger partial charge in [-0.3, -0.25) is 4.79 Å². The minimum Gasteiger partial charge on any atom is -0.356 e. The van der Waals surface area contributed by atoms with Crippen molar-refractivity contribution in [2.24, 2.45) is 0 Å². The summed E-state index contributed by atoms with van der Waals surface area (Å²) < 4.78 is 38.5. The van der Waals surface area contributed by atoms with Crippen LogP contribution in [0.15, 0.2) is 29.2 Å². The Labute approximate surface area is 112 Å². The molecule has 1 rings (SSSR count). The van der Waals surface area contributed by atoms with Crippen LogP contribution in [0.3, 0.4) is 0 Å². The third-order valence-electron chi connectivity index (χ3n) is 2.34. The van der Waals surface area contributed by atoms with Crippen molar-refractivity contribution < 1.29 is 17.6 Å². The molecule has 1 amide bonds. The summed E-state index contributed by atoms with van der Waals surface area (Å²) in [7, 11) is -3.69. The van der Waals surface area contributed by atoms with Gasteiger partial charge in [0.05, 0.1) is 4.90 Å². The van der Waals surface area contributed by atoms with Crippen LogP contribution in [0.2, 0.25) is 0 Å². The molecule has 1 aromatic carbocycles. The zero-order valence-electron chi connectivity index (χ0n) is 10.6. The van der Waals surface area contributed by atoms with Crippen LogP contribution in [0.5, 0.6) is 0 Å². The molecule has 0 radical (unpaired) electrons. The van der Waals surface area contributed by atoms with E-state index >= 15 is 0 Å². The first kappa shape index (κ1) is 15.6. The van der Waals surface area contributed by atoms with Gasteiger partial charge < -0.3 is 5.32 Å². The fourth-order valence-corrected chi connectivity index (χ4v) is 2.38. The second-order valence-corrected chi connectivity index (χ2v) is 5.72. The van der Waals surface area contributed by atoms with Gasteiger partial charge in [0.25, 0.3) is 0 Å². The summed E-state index contributed by atoms with van der Waals surface area (Å²) in [5.41, 5.74) is 0. The molecule has 106 valence electrons. The van der Waals surface area contributed by atoms with Gasteiger partial charge in [0.2, 0.25) is 15.9 Å². The van der Waals surface area contributed by atoms with Crippen molar-refractivity contribution in [1.29, 1.82) is 0 Å². The molecule has 5 nitrogen and oxygen atoms in total. The SMILES string of the molecule is CCCNC(=O)CCNS(=O)(=O)c1ccc(F)cc1. The highest BCUT2D eigenvalue weighted by atomic mass is 32.2. The number of nitrogens with one attached hydrogen (secondary N) is 2. The van der Waals surface area contributed by atoms with Gasteiger partial charge in [-0.1, -0.05) is 6.92 Å². The molecule has 2 N–H and O–H groups in total. The highest BCUT2D eigenvalue weighted by Gasteiger charge is 2.13. The normalized spacial score (nSPS) is 11.3. The zero-order chi connectivity index (χ0) is 14.3. The van der Waals surface area contributed by atoms with Crippen LogP contribution in [0.4, 0.5) is 4.39 Å². The van der Waals surface area contributed by atoms with E-state index in [0.29, 0.717) is 6.54 Å². The van der Waals surface area contributed by atoms with Crippen LogP contribution in [0.1, 0.15) is 19.8 Å². The quantitative estimate of drug-likeness (QED) is 0.786. The van der Waals surface area contributed by atoms with Crippen molar-refractivity contribution in [3.05, 3.63) is 30.1 Å². The molecule has 0 aliphatic carbocycles. The monoisotopic (exact) mass is 288 g/mol. The van der Waals surface area contributed by atoms with Gasteiger partial charge in [0.1, 0.15) is 5.82 Å². The number of benzene rings is 1. The molecule has 0 aromatic heterocycles. The second kappa shape index (κ2) is 7.20. The lowest BCUT2D eigenvalue weighted by Crippen LogP contribution is -2.31. The number of sulfonamides is 1. The first-order chi connectivity index (χ1) is 8.95. The van der Waals surface area contributed by atoms with E-state index in [1.165, 1.54) is 12.1 Å². The second-order valence-electron chi connectivity index (χ2n) is 3.95. The van der Waals surface area contributed by atoms with E-state index in [4.69, 9.17) is 0 Å². The Morgan fingerprint density at radius 2 is 1.84 bits per heavy atom. The fourth-order valence-electron chi connectivity index (χ4n) is 1.35. The first-order valence-corrected chi connectivity index (χ1v) is 7.46. The maximum atomic E-state index is 12.7. The van der Waals surface area contributed by atoms with Crippen molar-refractivity contribution >= 4 is 15.9 Å². The highest BCUT2D eigenvalue weighted by Crippen LogP contribution is 2.09. The molecule has 7 heteroatoms. The summed E-state index contributed by atoms with van der Waals surface area (Å²) in [6.45, 7) is 2.51. The molecular formula is C12H17FN2O3S. The molecule has 0 saturated carbocycles. The molecule has 0 saturated heterocycles. The molecule has 0 spiro atoms. The van der Waals surface area contributed by atoms with Crippen molar-refractivity contribution in [2.75, 3.05) is 13.1 Å². The minimum absolute atomic E-state index is 0.00918. The first-order valence-electron chi connectivity index (χ1n) is 5.97. The van der Waals surface area contributed by atoms with Crippen LogP contribution < -0.4 is 10.0 Å². The van der Waals surface area contributed by atoms with Crippen molar-refractivity contribution in [3.8, 4) is 0 Å². The average molecular weight is 288 g/mol. The molecule has 0 unspecified atom stereocenters. The van der Waals surface area contributed by atoms with E-state index in [-0.39, 0.29) is 23.8 Å². The van der Waals surface area contributed by atoms with E-state index in [9.17, 15) is 17.6 Å². The van der Waals surface area contributed by atoms with Gasteiger partial charge in [0, 0.05) is 19.5 Å². The molecule has 19 heavy (non-hydrogen) atoms. The molecule has 0 aliphatic heterocycles. The zero-order valence-corrected chi connectivity index (χ0v) is 11.5. The maximum absolute atomic E-state index is 12.7. The summed E-state index contributed by atoms with van der Waals surface area (Å²) in [5.74, 6) is -0.707. The van der Waals surface area contributed by atoms with E-state index in [1.54, 1.807) is 0 Å². The molecule has 0 atom stereocenters. The molecule has 0 heterocycles. The van der Waals surface area contributed by atoms with Gasteiger partial charge in [-0.2, -0.15) is 0 Å². The largest absolute Gasteiger partial charge is 0.356 e. The number of carbonyl (C=O) groups excluding carboxylic acids is 1. The minimum atomic E-state index is -3.69. The van der Waals surface area contributed by atoms with Crippen LogP contribution in [0, 0.1) is 5.82 Å². The van der Waals surface area contributed by atoms with Crippen molar-refractivity contribution in [1.82, 2.24) is 10.0 Å². The lowest BCUT2D eigenvalue weighted by molar-refractivity contribution is -0.120. The smallest absolute Gasteiger partial charge is 0.240 e. The number of rotatable bonds is 7. The predicted molar refractivity (Wildman–Crippen MR) is 69.5 cm³/mol. The van der Waals surface area contributed by atoms with E-state index in [1.807, 2.05) is 6.92 Å². The number of halogens is 1. The maximum Gasteiger partial charge on any atom is 0.240 e. The molecular weight excluding hydrogens is 271 g/mol. The van der Waals surface area contributed by atoms with Crippen LogP contribution in [-0.2, 0) is 14.8 Å². The number of hydrogen-bond donors (Lipinski definition) is 2.